The molecule has 0 aromatic carbocycles. The van der Waals surface area contributed by atoms with Crippen LogP contribution < -0.4 is 43.1 Å². The van der Waals surface area contributed by atoms with Crippen LogP contribution in [0, 0.1) is 0 Å². The van der Waals surface area contributed by atoms with E-state index in [2.05, 4.69) is 115 Å². The molecular formula is C21H47Li2N5Si. The standard InChI is InChI=1S/C10H23N3Si.C10H20N2.CH4.2Li/c1-9(2,3)12-7-8-13(14(12)11)10(4,5)6;1-9(2,3)11-7-8-12-10(4,5)6;;;/h7-8,14H,11H2,1-6H3;7-8H,1-6H3;1H4;;/q;-2;;2*+1/b;8-7-;;;. The molecule has 8 heteroatoms. The minimum atomic E-state index is -1.47. The molecule has 0 atom stereocenters. The minimum Gasteiger partial charge on any atom is -0.687 e. The summed E-state index contributed by atoms with van der Waals surface area (Å²) in [7, 11) is -1.47. The SMILES string of the molecule is C.CC(C)(C)N1C=CN(C(C)(C)C)[SiH]1N.CC(C)(C)[N-]/C=C\[N-]C(C)(C)C.[Li+].[Li+]. The first-order valence-corrected chi connectivity index (χ1v) is 11.1. The summed E-state index contributed by atoms with van der Waals surface area (Å²) in [4.78, 5) is 0. The zero-order valence-electron chi connectivity index (χ0n) is 21.3. The smallest absolute Gasteiger partial charge is 0.687 e. The molecule has 0 saturated carbocycles. The van der Waals surface area contributed by atoms with Gasteiger partial charge in [0.2, 0.25) is 0 Å². The summed E-state index contributed by atoms with van der Waals surface area (Å²) in [5.74, 6) is 0. The quantitative estimate of drug-likeness (QED) is 0.640. The van der Waals surface area contributed by atoms with Crippen molar-refractivity contribution in [3.05, 3.63) is 35.4 Å². The zero-order chi connectivity index (χ0) is 21.0. The summed E-state index contributed by atoms with van der Waals surface area (Å²) >= 11 is 0. The van der Waals surface area contributed by atoms with Crippen LogP contribution in [-0.4, -0.2) is 40.6 Å². The minimum absolute atomic E-state index is 0. The maximum atomic E-state index is 6.32. The normalized spacial score (nSPS) is 15.1. The van der Waals surface area contributed by atoms with Gasteiger partial charge in [-0.3, -0.25) is 0 Å². The largest absolute Gasteiger partial charge is 1.00 e. The van der Waals surface area contributed by atoms with Gasteiger partial charge in [0.15, 0.2) is 0 Å². The molecule has 1 aliphatic heterocycles. The molecule has 0 radical (unpaired) electrons. The Bertz CT molecular complexity index is 441. The molecule has 1 heterocycles. The first kappa shape index (κ1) is 36.4. The Labute approximate surface area is 208 Å². The molecule has 162 valence electrons. The Hall–Kier alpha value is 0.0517. The molecule has 0 aliphatic carbocycles. The van der Waals surface area contributed by atoms with Crippen LogP contribution in [0.3, 0.4) is 0 Å². The molecule has 1 aliphatic rings. The third-order valence-electron chi connectivity index (χ3n) is 3.50. The molecule has 0 aromatic heterocycles. The van der Waals surface area contributed by atoms with Crippen molar-refractivity contribution < 1.29 is 37.7 Å². The third kappa shape index (κ3) is 16.4. The molecule has 29 heavy (non-hydrogen) atoms. The maximum absolute atomic E-state index is 6.32. The van der Waals surface area contributed by atoms with Crippen LogP contribution in [-0.2, 0) is 0 Å². The Morgan fingerprint density at radius 2 is 0.897 bits per heavy atom. The molecule has 0 amide bonds. The zero-order valence-corrected chi connectivity index (χ0v) is 22.4. The van der Waals surface area contributed by atoms with Crippen molar-refractivity contribution >= 4 is 9.28 Å². The molecule has 5 nitrogen and oxygen atoms in total. The van der Waals surface area contributed by atoms with E-state index in [1.165, 1.54) is 0 Å². The number of nitrogens with zero attached hydrogens (tertiary/aromatic N) is 4. The predicted octanol–water partition coefficient (Wildman–Crippen LogP) is -0.206. The topological polar surface area (TPSA) is 60.7 Å². The van der Waals surface area contributed by atoms with Gasteiger partial charge in [-0.1, -0.05) is 49.0 Å². The van der Waals surface area contributed by atoms with Crippen molar-refractivity contribution in [3.63, 3.8) is 0 Å². The first-order valence-electron chi connectivity index (χ1n) is 9.44. The van der Waals surface area contributed by atoms with E-state index >= 15 is 0 Å². The van der Waals surface area contributed by atoms with Gasteiger partial charge in [-0.2, -0.15) is 0 Å². The second-order valence-electron chi connectivity index (χ2n) is 10.8. The van der Waals surface area contributed by atoms with E-state index in [9.17, 15) is 0 Å². The maximum Gasteiger partial charge on any atom is 1.00 e. The van der Waals surface area contributed by atoms with Gasteiger partial charge in [0.25, 0.3) is 0 Å². The number of nitrogens with two attached hydrogens (primary N) is 1. The summed E-state index contributed by atoms with van der Waals surface area (Å²) in [5, 5.41) is 14.9. The van der Waals surface area contributed by atoms with Gasteiger partial charge in [0, 0.05) is 23.5 Å². The van der Waals surface area contributed by atoms with Gasteiger partial charge in [-0.25, -0.2) is 12.4 Å². The van der Waals surface area contributed by atoms with E-state index in [0.717, 1.165) is 0 Å². The van der Waals surface area contributed by atoms with Crippen LogP contribution in [0.2, 0.25) is 0 Å². The molecule has 0 unspecified atom stereocenters. The van der Waals surface area contributed by atoms with E-state index in [-0.39, 0.29) is 67.3 Å². The average Bonchev–Trinajstić information content (AvgIpc) is 2.75. The van der Waals surface area contributed by atoms with Gasteiger partial charge in [0.1, 0.15) is 0 Å². The number of hydrogen-bond acceptors (Lipinski definition) is 3. The fourth-order valence-corrected chi connectivity index (χ4v) is 4.57. The van der Waals surface area contributed by atoms with Crippen LogP contribution in [0.4, 0.5) is 0 Å². The van der Waals surface area contributed by atoms with E-state index in [0.29, 0.717) is 0 Å². The monoisotopic (exact) mass is 411 g/mol. The molecule has 1 rings (SSSR count). The molecule has 0 saturated heterocycles. The Balaban J connectivity index is -0.000000198. The van der Waals surface area contributed by atoms with E-state index < -0.39 is 9.28 Å². The fourth-order valence-electron chi connectivity index (χ4n) is 2.21. The summed E-state index contributed by atoms with van der Waals surface area (Å²) < 4.78 is 4.64. The van der Waals surface area contributed by atoms with Crippen molar-refractivity contribution in [2.45, 2.75) is 113 Å². The Morgan fingerprint density at radius 1 is 0.655 bits per heavy atom. The second-order valence-corrected chi connectivity index (χ2v) is 12.7. The van der Waals surface area contributed by atoms with Gasteiger partial charge >= 0.3 is 47.0 Å². The van der Waals surface area contributed by atoms with Crippen LogP contribution in [0.1, 0.15) is 90.5 Å². The predicted molar refractivity (Wildman–Crippen MR) is 126 cm³/mol. The first-order chi connectivity index (χ1) is 11.3. The van der Waals surface area contributed by atoms with Crippen LogP contribution in [0.15, 0.2) is 24.8 Å². The number of hydrogen-bond donors (Lipinski definition) is 1. The summed E-state index contributed by atoms with van der Waals surface area (Å²) in [6.07, 6.45) is 7.82. The second kappa shape index (κ2) is 13.5. The van der Waals surface area contributed by atoms with E-state index in [1.54, 1.807) is 12.4 Å². The van der Waals surface area contributed by atoms with Gasteiger partial charge < -0.3 is 25.2 Å². The number of rotatable bonds is 2. The molecule has 2 N–H and O–H groups in total. The van der Waals surface area contributed by atoms with Crippen molar-refractivity contribution in [2.75, 3.05) is 0 Å². The molecule has 0 spiro atoms. The Morgan fingerprint density at radius 3 is 1.03 bits per heavy atom. The van der Waals surface area contributed by atoms with Crippen molar-refractivity contribution in [2.24, 2.45) is 5.40 Å². The Kier molecular flexibility index (Phi) is 16.9. The molecule has 0 fully saturated rings. The molecular weight excluding hydrogens is 364 g/mol. The van der Waals surface area contributed by atoms with E-state index in [4.69, 9.17) is 5.40 Å². The van der Waals surface area contributed by atoms with Crippen LogP contribution in [0.25, 0.3) is 10.6 Å². The van der Waals surface area contributed by atoms with Crippen LogP contribution >= 0.6 is 0 Å². The van der Waals surface area contributed by atoms with Crippen molar-refractivity contribution in [3.8, 4) is 0 Å². The van der Waals surface area contributed by atoms with Crippen LogP contribution in [0.5, 0.6) is 0 Å². The average molecular weight is 412 g/mol. The van der Waals surface area contributed by atoms with Crippen molar-refractivity contribution in [1.82, 2.24) is 9.13 Å². The fraction of sp³-hybridized carbons (Fsp3) is 0.810. The third-order valence-corrected chi connectivity index (χ3v) is 6.53. The van der Waals surface area contributed by atoms with Crippen molar-refractivity contribution in [1.29, 1.82) is 0 Å². The molecule has 0 bridgehead atoms. The summed E-state index contributed by atoms with van der Waals surface area (Å²) in [6, 6.07) is 0. The van der Waals surface area contributed by atoms with E-state index in [1.807, 2.05) is 0 Å². The van der Waals surface area contributed by atoms with Gasteiger partial charge in [0.05, 0.1) is 0 Å². The summed E-state index contributed by atoms with van der Waals surface area (Å²) in [5.41, 5.74) is 0.290. The van der Waals surface area contributed by atoms with Gasteiger partial charge in [-0.05, 0) is 41.5 Å². The molecule has 0 aromatic rings. The summed E-state index contributed by atoms with van der Waals surface area (Å²) in [6.45, 7) is 25.6. The van der Waals surface area contributed by atoms with Gasteiger partial charge in [-0.15, -0.1) is 11.1 Å².